The van der Waals surface area contributed by atoms with Crippen molar-refractivity contribution in [2.24, 2.45) is 0 Å². The highest BCUT2D eigenvalue weighted by Gasteiger charge is 2.40. The van der Waals surface area contributed by atoms with Gasteiger partial charge in [0, 0.05) is 104 Å². The summed E-state index contributed by atoms with van der Waals surface area (Å²) in [5.74, 6) is -2.13. The minimum absolute atomic E-state index is 0.0401. The molecule has 568 valence electrons. The molecule has 28 heteroatoms. The lowest BCUT2D eigenvalue weighted by molar-refractivity contribution is -0.137. The number of hydrogen-bond acceptors (Lipinski definition) is 20. The number of nitrogens with zero attached hydrogens (tertiary/aromatic N) is 8. The monoisotopic (exact) mass is 1490 g/mol. The predicted octanol–water partition coefficient (Wildman–Crippen LogP) is 9.95. The van der Waals surface area contributed by atoms with E-state index in [-0.39, 0.29) is 62.4 Å². The van der Waals surface area contributed by atoms with E-state index in [0.717, 1.165) is 122 Å². The average molecular weight is 1490 g/mol. The number of amides is 6. The van der Waals surface area contributed by atoms with Crippen molar-refractivity contribution in [1.29, 1.82) is 5.26 Å². The highest BCUT2D eigenvalue weighted by Crippen LogP contribution is 2.38. The van der Waals surface area contributed by atoms with Crippen LogP contribution in [0.15, 0.2) is 85.2 Å². The topological polar surface area (TPSA) is 270 Å². The maximum Gasteiger partial charge on any atom is 0.319 e. The molecule has 3 saturated heterocycles. The summed E-state index contributed by atoms with van der Waals surface area (Å²) in [4.78, 5) is 82.5. The number of piperidine rings is 1. The van der Waals surface area contributed by atoms with Crippen LogP contribution in [-0.4, -0.2) is 224 Å². The minimum Gasteiger partial charge on any atom is -0.462 e. The quantitative estimate of drug-likeness (QED) is 0.0186. The van der Waals surface area contributed by atoms with Gasteiger partial charge in [-0.25, -0.2) is 9.18 Å². The molecule has 5 aliphatic heterocycles. The summed E-state index contributed by atoms with van der Waals surface area (Å²) < 4.78 is 66.1. The second kappa shape index (κ2) is 42.6. The van der Waals surface area contributed by atoms with Crippen LogP contribution in [0.5, 0.6) is 6.01 Å². The van der Waals surface area contributed by atoms with Gasteiger partial charge in [0.15, 0.2) is 5.83 Å². The van der Waals surface area contributed by atoms with Crippen molar-refractivity contribution in [2.45, 2.75) is 128 Å². The van der Waals surface area contributed by atoms with Crippen molar-refractivity contribution in [1.82, 2.24) is 35.3 Å². The predicted molar refractivity (Wildman–Crippen MR) is 396 cm³/mol. The van der Waals surface area contributed by atoms with Crippen molar-refractivity contribution in [3.8, 4) is 12.1 Å². The van der Waals surface area contributed by atoms with Gasteiger partial charge in [0.1, 0.15) is 18.5 Å². The van der Waals surface area contributed by atoms with E-state index in [1.807, 2.05) is 36.4 Å². The summed E-state index contributed by atoms with van der Waals surface area (Å²) in [5.41, 5.74) is 6.62. The number of ether oxygens (including phenoxy) is 9. The zero-order valence-electron chi connectivity index (χ0n) is 60.1. The Labute approximate surface area is 624 Å². The molecule has 1 aromatic heterocycles. The first kappa shape index (κ1) is 79.9. The highest BCUT2D eigenvalue weighted by atomic mass is 35.5. The lowest BCUT2D eigenvalue weighted by Crippen LogP contribution is -2.55. The van der Waals surface area contributed by atoms with E-state index < -0.39 is 29.7 Å². The molecule has 0 aliphatic carbocycles. The molecule has 5 aliphatic rings. The van der Waals surface area contributed by atoms with Gasteiger partial charge in [-0.05, 0) is 116 Å². The number of aryl methyl sites for hydroxylation is 1. The number of imide groups is 1. The number of nitrogens with one attached hydrogen (secondary N) is 3. The van der Waals surface area contributed by atoms with Gasteiger partial charge in [0.25, 0.3) is 11.8 Å². The lowest BCUT2D eigenvalue weighted by atomic mass is 10.0. The molecule has 4 aromatic carbocycles. The number of aromatic nitrogens is 2. The Morgan fingerprint density at radius 1 is 0.676 bits per heavy atom. The highest BCUT2D eigenvalue weighted by molar-refractivity contribution is 6.36. The number of likely N-dealkylation sites (tertiary alicyclic amines) is 1. The van der Waals surface area contributed by atoms with Crippen LogP contribution in [-0.2, 0) is 84.8 Å². The van der Waals surface area contributed by atoms with Crippen LogP contribution >= 0.6 is 23.2 Å². The van der Waals surface area contributed by atoms with Gasteiger partial charge in [-0.3, -0.25) is 29.4 Å². The maximum atomic E-state index is 14.1. The summed E-state index contributed by atoms with van der Waals surface area (Å²) in [6.07, 6.45) is 11.4. The molecule has 0 radical (unpaired) electrons. The second-order valence-electron chi connectivity index (χ2n) is 26.7. The number of halogens is 3. The van der Waals surface area contributed by atoms with Crippen molar-refractivity contribution >= 4 is 80.8 Å². The van der Waals surface area contributed by atoms with Gasteiger partial charge in [-0.2, -0.15) is 15.2 Å². The Morgan fingerprint density at radius 3 is 2.01 bits per heavy atom. The number of hydrogen-bond donors (Lipinski definition) is 3. The Morgan fingerprint density at radius 2 is 1.33 bits per heavy atom. The van der Waals surface area contributed by atoms with Gasteiger partial charge in [-0.15, -0.1) is 0 Å². The fourth-order valence-electron chi connectivity index (χ4n) is 14.0. The number of carbonyl (C=O) groups is 5. The van der Waals surface area contributed by atoms with Gasteiger partial charge >= 0.3 is 12.0 Å². The first-order valence-electron chi connectivity index (χ1n) is 37.0. The van der Waals surface area contributed by atoms with Gasteiger partial charge in [-0.1, -0.05) is 91.9 Å². The zero-order chi connectivity index (χ0) is 73.5. The van der Waals surface area contributed by atoms with E-state index in [0.29, 0.717) is 178 Å². The third-order valence-electron chi connectivity index (χ3n) is 19.3. The van der Waals surface area contributed by atoms with E-state index in [4.69, 9.17) is 75.8 Å². The number of carbonyl (C=O) groups excluding carboxylic acids is 5. The molecule has 0 spiro atoms. The number of anilines is 3. The van der Waals surface area contributed by atoms with Crippen LogP contribution < -0.4 is 30.5 Å². The van der Waals surface area contributed by atoms with Crippen molar-refractivity contribution in [2.75, 3.05) is 167 Å². The SMILES string of the molecule is C=C(F)C(=O)N1CCN(c2nc(OC[C@@H]3CCCN3CCCOCCOCCOCCOCCOCCOCCOCCOCCCCCCCCc3cc(Cl)cc(NC(=O)NCc4ccc5c(c4)CN(C4CCC(=O)NC4=O)C5=O)c3)nc3c2CCN(c2cccc4cccc(Cl)c24)C3)C[C@@H]1CC#N. The maximum absolute atomic E-state index is 14.1. The Bertz CT molecular complexity index is 3740. The van der Waals surface area contributed by atoms with E-state index in [1.54, 1.807) is 18.2 Å². The van der Waals surface area contributed by atoms with Crippen LogP contribution in [0.1, 0.15) is 115 Å². The summed E-state index contributed by atoms with van der Waals surface area (Å²) in [7, 11) is 0. The number of rotatable bonds is 45. The number of unbranched alkanes of at least 4 members (excludes halogenated alkanes) is 5. The standard InChI is InChI=1S/C77H100Cl2FN11O14/c1-55(80)74(94)90-29-28-89(52-62(90)22-24-81)72-65-23-27-88(68-17-9-14-58-13-8-16-66(79)71(58)68)53-67(65)84-77(86-72)105-54-63-15-10-25-87(63)26-11-31-98-33-35-100-37-39-102-41-43-104-45-44-103-42-40-101-38-36-99-34-32-97-30-7-5-3-2-4-6-12-56-47-60(78)49-61(48-56)83-76(96)82-50-57-18-19-64-59(46-57)51-91(75(64)95)69-20-21-70(92)85-73(69)93/h8-9,13-14,16-19,46-49,62-63,69H,1-7,10-12,15,20-23,25-45,50-54H2,(H2,82,83,96)(H,85,92,93)/t62-,63-,69?/m0/s1. The molecule has 1 unspecified atom stereocenters. The molecule has 6 heterocycles. The van der Waals surface area contributed by atoms with E-state index in [2.05, 4.69) is 61.5 Å². The molecular formula is C77H100Cl2FN11O14. The molecule has 105 heavy (non-hydrogen) atoms. The van der Waals surface area contributed by atoms with E-state index in [9.17, 15) is 33.6 Å². The largest absolute Gasteiger partial charge is 0.462 e. The van der Waals surface area contributed by atoms with Gasteiger partial charge in [0.05, 0.1) is 128 Å². The van der Waals surface area contributed by atoms with Crippen LogP contribution in [0.2, 0.25) is 10.0 Å². The molecule has 10 rings (SSSR count). The first-order chi connectivity index (χ1) is 51.3. The molecule has 6 amide bonds. The molecule has 3 atom stereocenters. The molecular weight excluding hydrogens is 1390 g/mol. The van der Waals surface area contributed by atoms with Crippen LogP contribution in [0, 0.1) is 11.3 Å². The Balaban J connectivity index is 0.480. The second-order valence-corrected chi connectivity index (χ2v) is 27.6. The summed E-state index contributed by atoms with van der Waals surface area (Å²) in [5, 5.41) is 21.1. The van der Waals surface area contributed by atoms with Crippen LogP contribution in [0.25, 0.3) is 10.8 Å². The first-order valence-corrected chi connectivity index (χ1v) is 37.7. The third kappa shape index (κ3) is 24.4. The average Bonchev–Trinajstić information content (AvgIpc) is 1.72. The zero-order valence-corrected chi connectivity index (χ0v) is 61.6. The number of piperazine rings is 1. The number of nitriles is 1. The smallest absolute Gasteiger partial charge is 0.319 e. The fraction of sp³-hybridized carbons (Fsp3) is 0.558. The summed E-state index contributed by atoms with van der Waals surface area (Å²) in [6, 6.07) is 24.1. The van der Waals surface area contributed by atoms with Crippen LogP contribution in [0.4, 0.5) is 26.4 Å². The van der Waals surface area contributed by atoms with Crippen molar-refractivity contribution in [3.63, 3.8) is 0 Å². The molecule has 3 N–H and O–H groups in total. The molecule has 5 aromatic rings. The minimum atomic E-state index is -1.04. The summed E-state index contributed by atoms with van der Waals surface area (Å²) in [6.45, 7) is 16.1. The van der Waals surface area contributed by atoms with E-state index >= 15 is 0 Å². The van der Waals surface area contributed by atoms with Crippen molar-refractivity contribution in [3.05, 3.63) is 129 Å². The number of fused-ring (bicyclic) bond motifs is 3. The van der Waals surface area contributed by atoms with E-state index in [1.165, 1.54) is 9.80 Å². The summed E-state index contributed by atoms with van der Waals surface area (Å²) >= 11 is 13.2. The number of urea groups is 1. The fourth-order valence-corrected chi connectivity index (χ4v) is 14.5. The Hall–Kier alpha value is -7.65. The molecule has 0 bridgehead atoms. The lowest BCUT2D eigenvalue weighted by Gasteiger charge is -2.42. The molecule has 25 nitrogen and oxygen atoms in total. The van der Waals surface area contributed by atoms with Gasteiger partial charge < -0.3 is 72.9 Å². The Kier molecular flexibility index (Phi) is 32.4. The van der Waals surface area contributed by atoms with Gasteiger partial charge in [0.2, 0.25) is 11.8 Å². The normalized spacial score (nSPS) is 17.5. The molecule has 0 saturated carbocycles. The number of benzene rings is 4. The third-order valence-corrected chi connectivity index (χ3v) is 19.8. The van der Waals surface area contributed by atoms with Crippen molar-refractivity contribution < 1.29 is 71.0 Å². The van der Waals surface area contributed by atoms with Crippen LogP contribution in [0.3, 0.4) is 0 Å². The molecule has 3 fully saturated rings.